The molecule has 94 valence electrons. The van der Waals surface area contributed by atoms with Gasteiger partial charge in [-0.1, -0.05) is 24.2 Å². The first kappa shape index (κ1) is 14.2. The van der Waals surface area contributed by atoms with Gasteiger partial charge >= 0.3 is 0 Å². The van der Waals surface area contributed by atoms with Gasteiger partial charge in [0.05, 0.1) is 0 Å². The summed E-state index contributed by atoms with van der Waals surface area (Å²) in [4.78, 5) is 2.16. The van der Waals surface area contributed by atoms with Gasteiger partial charge in [-0.25, -0.2) is 0 Å². The van der Waals surface area contributed by atoms with Gasteiger partial charge in [0, 0.05) is 22.6 Å². The Labute approximate surface area is 116 Å². The minimum atomic E-state index is 0.0499. The van der Waals surface area contributed by atoms with Crippen LogP contribution in [0.15, 0.2) is 29.4 Å². The molecule has 0 spiro atoms. The van der Waals surface area contributed by atoms with E-state index in [4.69, 9.17) is 10.9 Å². The van der Waals surface area contributed by atoms with E-state index in [1.165, 1.54) is 9.13 Å². The van der Waals surface area contributed by atoms with Crippen molar-refractivity contribution in [3.63, 3.8) is 0 Å². The van der Waals surface area contributed by atoms with Gasteiger partial charge in [-0.2, -0.15) is 0 Å². The molecular formula is C12H18IN3O. The van der Waals surface area contributed by atoms with Gasteiger partial charge in [0.1, 0.15) is 5.84 Å². The minimum Gasteiger partial charge on any atom is -0.409 e. The quantitative estimate of drug-likeness (QED) is 0.282. The maximum atomic E-state index is 8.58. The Bertz CT molecular complexity index is 378. The van der Waals surface area contributed by atoms with Gasteiger partial charge in [0.25, 0.3) is 0 Å². The van der Waals surface area contributed by atoms with Gasteiger partial charge in [-0.15, -0.1) is 0 Å². The fourth-order valence-electron chi connectivity index (χ4n) is 1.63. The lowest BCUT2D eigenvalue weighted by Gasteiger charge is -2.20. The molecule has 5 heteroatoms. The van der Waals surface area contributed by atoms with E-state index >= 15 is 0 Å². The SMILES string of the molecule is CC(CN(C)Cc1ccc(I)cc1)C(N)=NO. The Balaban J connectivity index is 2.49. The smallest absolute Gasteiger partial charge is 0.143 e. The third-order valence-electron chi connectivity index (χ3n) is 2.57. The van der Waals surface area contributed by atoms with Crippen molar-refractivity contribution < 1.29 is 5.21 Å². The molecule has 1 unspecified atom stereocenters. The number of oxime groups is 1. The topological polar surface area (TPSA) is 61.8 Å². The summed E-state index contributed by atoms with van der Waals surface area (Å²) in [6.07, 6.45) is 0. The molecule has 0 saturated heterocycles. The van der Waals surface area contributed by atoms with E-state index in [0.717, 1.165) is 13.1 Å². The third kappa shape index (κ3) is 4.91. The Kier molecular flexibility index (Phi) is 5.70. The predicted octanol–water partition coefficient (Wildman–Crippen LogP) is 2.11. The molecule has 1 aromatic rings. The molecule has 0 aliphatic carbocycles. The number of nitrogens with two attached hydrogens (primary N) is 1. The second kappa shape index (κ2) is 6.80. The van der Waals surface area contributed by atoms with E-state index in [0.29, 0.717) is 0 Å². The van der Waals surface area contributed by atoms with E-state index in [2.05, 4.69) is 56.9 Å². The molecular weight excluding hydrogens is 329 g/mol. The molecule has 0 saturated carbocycles. The van der Waals surface area contributed by atoms with Crippen molar-refractivity contribution in [3.8, 4) is 0 Å². The first-order chi connectivity index (χ1) is 8.02. The molecule has 3 N–H and O–H groups in total. The summed E-state index contributed by atoms with van der Waals surface area (Å²) in [5, 5.41) is 11.6. The summed E-state index contributed by atoms with van der Waals surface area (Å²) in [6, 6.07) is 8.42. The van der Waals surface area contributed by atoms with E-state index in [1.807, 2.05) is 14.0 Å². The molecule has 1 rings (SSSR count). The number of benzene rings is 1. The molecule has 0 bridgehead atoms. The van der Waals surface area contributed by atoms with E-state index in [9.17, 15) is 0 Å². The zero-order chi connectivity index (χ0) is 12.8. The average Bonchev–Trinajstić information content (AvgIpc) is 2.30. The van der Waals surface area contributed by atoms with Crippen LogP contribution in [0.3, 0.4) is 0 Å². The first-order valence-electron chi connectivity index (χ1n) is 5.43. The van der Waals surface area contributed by atoms with Gasteiger partial charge in [-0.3, -0.25) is 0 Å². The molecule has 0 heterocycles. The van der Waals surface area contributed by atoms with Crippen molar-refractivity contribution >= 4 is 28.4 Å². The molecule has 0 aromatic heterocycles. The predicted molar refractivity (Wildman–Crippen MR) is 78.1 cm³/mol. The molecule has 1 aromatic carbocycles. The highest BCUT2D eigenvalue weighted by Gasteiger charge is 2.10. The monoisotopic (exact) mass is 347 g/mol. The number of nitrogens with zero attached hydrogens (tertiary/aromatic N) is 2. The fraction of sp³-hybridized carbons (Fsp3) is 0.417. The number of halogens is 1. The van der Waals surface area contributed by atoms with Crippen LogP contribution in [-0.4, -0.2) is 29.5 Å². The van der Waals surface area contributed by atoms with Crippen molar-refractivity contribution in [1.82, 2.24) is 4.90 Å². The maximum absolute atomic E-state index is 8.58. The summed E-state index contributed by atoms with van der Waals surface area (Å²) >= 11 is 2.29. The van der Waals surface area contributed by atoms with E-state index in [-0.39, 0.29) is 11.8 Å². The lowest BCUT2D eigenvalue weighted by atomic mass is 10.1. The summed E-state index contributed by atoms with van der Waals surface area (Å²) < 4.78 is 1.24. The highest BCUT2D eigenvalue weighted by atomic mass is 127. The van der Waals surface area contributed by atoms with Crippen LogP contribution in [0.2, 0.25) is 0 Å². The zero-order valence-electron chi connectivity index (χ0n) is 10.1. The lowest BCUT2D eigenvalue weighted by Crippen LogP contribution is -2.32. The summed E-state index contributed by atoms with van der Waals surface area (Å²) in [7, 11) is 2.03. The molecule has 1 atom stereocenters. The van der Waals surface area contributed by atoms with Crippen molar-refractivity contribution in [2.45, 2.75) is 13.5 Å². The largest absolute Gasteiger partial charge is 0.409 e. The number of hydrogen-bond donors (Lipinski definition) is 2. The Hall–Kier alpha value is -0.820. The Morgan fingerprint density at radius 2 is 2.06 bits per heavy atom. The van der Waals surface area contributed by atoms with Crippen LogP contribution in [0, 0.1) is 9.49 Å². The first-order valence-corrected chi connectivity index (χ1v) is 6.51. The number of hydrogen-bond acceptors (Lipinski definition) is 3. The van der Waals surface area contributed by atoms with Crippen LogP contribution in [0.25, 0.3) is 0 Å². The molecule has 0 aliphatic rings. The summed E-state index contributed by atoms with van der Waals surface area (Å²) in [5.74, 6) is 0.327. The number of amidine groups is 1. The minimum absolute atomic E-state index is 0.0499. The zero-order valence-corrected chi connectivity index (χ0v) is 12.3. The van der Waals surface area contributed by atoms with Crippen LogP contribution >= 0.6 is 22.6 Å². The standard InChI is InChI=1S/C12H18IN3O/c1-9(12(14)15-17)7-16(2)8-10-3-5-11(13)6-4-10/h3-6,9,17H,7-8H2,1-2H3,(H2,14,15). The molecule has 0 fully saturated rings. The lowest BCUT2D eigenvalue weighted by molar-refractivity contribution is 0.290. The van der Waals surface area contributed by atoms with Gasteiger partial charge in [-0.05, 0) is 47.3 Å². The van der Waals surface area contributed by atoms with Gasteiger partial charge in [0.2, 0.25) is 0 Å². The second-order valence-corrected chi connectivity index (χ2v) is 5.49. The van der Waals surface area contributed by atoms with E-state index < -0.39 is 0 Å². The van der Waals surface area contributed by atoms with Crippen LogP contribution in [0.5, 0.6) is 0 Å². The second-order valence-electron chi connectivity index (χ2n) is 4.25. The van der Waals surface area contributed by atoms with E-state index in [1.54, 1.807) is 0 Å². The van der Waals surface area contributed by atoms with Gasteiger partial charge in [0.15, 0.2) is 0 Å². The molecule has 0 amide bonds. The van der Waals surface area contributed by atoms with Gasteiger partial charge < -0.3 is 15.8 Å². The highest BCUT2D eigenvalue weighted by Crippen LogP contribution is 2.09. The van der Waals surface area contributed by atoms with Crippen molar-refractivity contribution in [1.29, 1.82) is 0 Å². The summed E-state index contributed by atoms with van der Waals surface area (Å²) in [6.45, 7) is 3.57. The van der Waals surface area contributed by atoms with Crippen LogP contribution in [0.1, 0.15) is 12.5 Å². The highest BCUT2D eigenvalue weighted by molar-refractivity contribution is 14.1. The van der Waals surface area contributed by atoms with Crippen LogP contribution in [0.4, 0.5) is 0 Å². The van der Waals surface area contributed by atoms with Crippen LogP contribution in [-0.2, 0) is 6.54 Å². The average molecular weight is 347 g/mol. The molecule has 0 radical (unpaired) electrons. The molecule has 4 nitrogen and oxygen atoms in total. The Morgan fingerprint density at radius 1 is 1.47 bits per heavy atom. The number of rotatable bonds is 5. The van der Waals surface area contributed by atoms with Crippen molar-refractivity contribution in [2.24, 2.45) is 16.8 Å². The maximum Gasteiger partial charge on any atom is 0.143 e. The normalized spacial score (nSPS) is 14.0. The molecule has 0 aliphatic heterocycles. The Morgan fingerprint density at radius 3 is 2.59 bits per heavy atom. The van der Waals surface area contributed by atoms with Crippen molar-refractivity contribution in [3.05, 3.63) is 33.4 Å². The third-order valence-corrected chi connectivity index (χ3v) is 3.29. The van der Waals surface area contributed by atoms with Crippen molar-refractivity contribution in [2.75, 3.05) is 13.6 Å². The fourth-order valence-corrected chi connectivity index (χ4v) is 1.99. The van der Waals surface area contributed by atoms with Crippen LogP contribution < -0.4 is 5.73 Å². The summed E-state index contributed by atoms with van der Waals surface area (Å²) in [5.41, 5.74) is 6.81. The molecule has 17 heavy (non-hydrogen) atoms.